The normalized spacial score (nSPS) is 16.8. The first-order valence-corrected chi connectivity index (χ1v) is 11.6. The van der Waals surface area contributed by atoms with Crippen molar-refractivity contribution < 1.29 is 14.3 Å². The maximum atomic E-state index is 12.9. The van der Waals surface area contributed by atoms with Gasteiger partial charge in [0.1, 0.15) is 5.82 Å². The van der Waals surface area contributed by atoms with Crippen LogP contribution in [0.4, 0.5) is 17.3 Å². The maximum Gasteiger partial charge on any atom is 0.228 e. The van der Waals surface area contributed by atoms with Crippen LogP contribution in [0, 0.1) is 11.8 Å². The van der Waals surface area contributed by atoms with Gasteiger partial charge in [0.25, 0.3) is 0 Å². The van der Waals surface area contributed by atoms with Gasteiger partial charge >= 0.3 is 0 Å². The zero-order valence-electron chi connectivity index (χ0n) is 19.6. The van der Waals surface area contributed by atoms with Gasteiger partial charge in [0.05, 0.1) is 18.4 Å². The molecule has 0 spiro atoms. The lowest BCUT2D eigenvalue weighted by atomic mass is 10.1. The number of nitrogens with one attached hydrogen (secondary N) is 2. The number of pyridine rings is 2. The number of aliphatic imine (C=N–C) groups is 1. The molecule has 2 fully saturated rings. The lowest BCUT2D eigenvalue weighted by Crippen LogP contribution is -2.16. The van der Waals surface area contributed by atoms with Crippen molar-refractivity contribution in [1.82, 2.24) is 9.97 Å². The van der Waals surface area contributed by atoms with E-state index in [0.29, 0.717) is 28.6 Å². The van der Waals surface area contributed by atoms with Gasteiger partial charge in [-0.2, -0.15) is 0 Å². The number of nitrogens with zero attached hydrogens (tertiary/aromatic N) is 3. The van der Waals surface area contributed by atoms with E-state index in [1.54, 1.807) is 19.4 Å². The van der Waals surface area contributed by atoms with Gasteiger partial charge < -0.3 is 15.4 Å². The maximum absolute atomic E-state index is 12.9. The topological polar surface area (TPSA) is 106 Å². The molecule has 1 amide bonds. The predicted octanol–water partition coefficient (Wildman–Crippen LogP) is 4.78. The number of carbonyl (C=O) groups excluding carboxylic acids is 2. The number of methoxy groups -OCH3 is 1. The molecule has 0 radical (unpaired) electrons. The largest absolute Gasteiger partial charge is 0.492 e. The third-order valence-electron chi connectivity index (χ3n) is 6.07. The zero-order chi connectivity index (χ0) is 23.5. The molecule has 2 saturated carbocycles. The van der Waals surface area contributed by atoms with E-state index >= 15 is 0 Å². The summed E-state index contributed by atoms with van der Waals surface area (Å²) in [6.07, 6.45) is 7.75. The molecule has 2 aliphatic carbocycles. The Hall–Kier alpha value is -3.29. The number of hydrogen-bond acceptors (Lipinski definition) is 7. The average molecular weight is 450 g/mol. The summed E-state index contributed by atoms with van der Waals surface area (Å²) >= 11 is 0. The average Bonchev–Trinajstić information content (AvgIpc) is 3.71. The highest BCUT2D eigenvalue weighted by atomic mass is 16.5. The molecule has 2 aromatic rings. The Bertz CT molecular complexity index is 1090. The molecular formula is C25H31N5O3. The van der Waals surface area contributed by atoms with Gasteiger partial charge in [-0.1, -0.05) is 6.92 Å². The Morgan fingerprint density at radius 2 is 1.91 bits per heavy atom. The molecule has 0 bridgehead atoms. The smallest absolute Gasteiger partial charge is 0.228 e. The molecule has 2 heterocycles. The van der Waals surface area contributed by atoms with Crippen LogP contribution in [0.3, 0.4) is 0 Å². The van der Waals surface area contributed by atoms with E-state index in [9.17, 15) is 9.59 Å². The molecule has 2 N–H and O–H groups in total. The van der Waals surface area contributed by atoms with Crippen molar-refractivity contribution in [2.75, 3.05) is 17.7 Å². The molecular weight excluding hydrogens is 418 g/mol. The molecule has 8 heteroatoms. The predicted molar refractivity (Wildman–Crippen MR) is 129 cm³/mol. The second-order valence-electron chi connectivity index (χ2n) is 8.85. The van der Waals surface area contributed by atoms with E-state index < -0.39 is 0 Å². The lowest BCUT2D eigenvalue weighted by molar-refractivity contribution is -0.117. The van der Waals surface area contributed by atoms with Crippen molar-refractivity contribution in [2.45, 2.75) is 58.9 Å². The molecule has 2 aliphatic rings. The number of aromatic nitrogens is 2. The van der Waals surface area contributed by atoms with Gasteiger partial charge in [-0.15, -0.1) is 0 Å². The fourth-order valence-corrected chi connectivity index (χ4v) is 3.61. The third-order valence-corrected chi connectivity index (χ3v) is 6.07. The summed E-state index contributed by atoms with van der Waals surface area (Å²) in [5, 5.41) is 6.13. The Balaban J connectivity index is 1.69. The molecule has 174 valence electrons. The standard InChI is InChI=1S/C25H31N5O3/c1-5-14(2)28-15(3)18-10-11-26-24(23(18)33-4)29-20-12-21(30-25(32)17-8-9-17)27-13-19(20)22(31)16-6-7-16/h10-14,16-17H,5-9H2,1-4H3,(H2,26,27,29,30,32). The number of ketones is 1. The van der Waals surface area contributed by atoms with E-state index in [2.05, 4.69) is 34.4 Å². The number of ether oxygens (including phenoxy) is 1. The van der Waals surface area contributed by atoms with Crippen molar-refractivity contribution >= 4 is 34.7 Å². The van der Waals surface area contributed by atoms with Crippen molar-refractivity contribution in [2.24, 2.45) is 16.8 Å². The second kappa shape index (κ2) is 9.68. The van der Waals surface area contributed by atoms with Crippen LogP contribution in [0.5, 0.6) is 5.75 Å². The Morgan fingerprint density at radius 1 is 1.18 bits per heavy atom. The molecule has 1 atom stereocenters. The molecule has 2 aromatic heterocycles. The Labute approximate surface area is 194 Å². The van der Waals surface area contributed by atoms with Crippen LogP contribution in [0.15, 0.2) is 29.5 Å². The number of Topliss-reactive ketones (excluding diaryl/α,β-unsaturated/α-hetero) is 1. The quantitative estimate of drug-likeness (QED) is 0.399. The number of rotatable bonds is 10. The van der Waals surface area contributed by atoms with Gasteiger partial charge in [-0.25, -0.2) is 9.97 Å². The van der Waals surface area contributed by atoms with Gasteiger partial charge in [0.2, 0.25) is 5.91 Å². The van der Waals surface area contributed by atoms with Crippen LogP contribution >= 0.6 is 0 Å². The molecule has 0 aliphatic heterocycles. The van der Waals surface area contributed by atoms with Crippen LogP contribution < -0.4 is 15.4 Å². The lowest BCUT2D eigenvalue weighted by Gasteiger charge is -2.17. The van der Waals surface area contributed by atoms with Crippen LogP contribution in [-0.2, 0) is 4.79 Å². The molecule has 0 saturated heterocycles. The van der Waals surface area contributed by atoms with Crippen LogP contribution in [0.1, 0.15) is 68.8 Å². The summed E-state index contributed by atoms with van der Waals surface area (Å²) in [6, 6.07) is 3.76. The Morgan fingerprint density at radius 3 is 2.55 bits per heavy atom. The van der Waals surface area contributed by atoms with Gasteiger partial charge in [0.15, 0.2) is 17.4 Å². The van der Waals surface area contributed by atoms with Crippen molar-refractivity contribution in [1.29, 1.82) is 0 Å². The van der Waals surface area contributed by atoms with E-state index in [4.69, 9.17) is 9.73 Å². The van der Waals surface area contributed by atoms with Crippen molar-refractivity contribution in [3.05, 3.63) is 35.7 Å². The van der Waals surface area contributed by atoms with E-state index in [1.165, 1.54) is 6.20 Å². The number of amides is 1. The molecule has 0 aromatic carbocycles. The summed E-state index contributed by atoms with van der Waals surface area (Å²) in [5.74, 6) is 1.54. The fraction of sp³-hybridized carbons (Fsp3) is 0.480. The summed E-state index contributed by atoms with van der Waals surface area (Å²) in [7, 11) is 1.59. The number of hydrogen-bond donors (Lipinski definition) is 2. The first-order chi connectivity index (χ1) is 15.9. The molecule has 8 nitrogen and oxygen atoms in total. The highest BCUT2D eigenvalue weighted by Crippen LogP contribution is 2.37. The van der Waals surface area contributed by atoms with Crippen LogP contribution in [0.25, 0.3) is 0 Å². The molecule has 4 rings (SSSR count). The Kier molecular flexibility index (Phi) is 6.72. The minimum Gasteiger partial charge on any atom is -0.492 e. The first kappa shape index (κ1) is 22.9. The SMILES string of the molecule is CCC(C)N=C(C)c1ccnc(Nc2cc(NC(=O)C3CC3)ncc2C(=O)C2CC2)c1OC. The minimum atomic E-state index is -0.0377. The van der Waals surface area contributed by atoms with Gasteiger partial charge in [-0.3, -0.25) is 14.6 Å². The number of anilines is 3. The van der Waals surface area contributed by atoms with Crippen LogP contribution in [0.2, 0.25) is 0 Å². The van der Waals surface area contributed by atoms with E-state index in [1.807, 2.05) is 13.0 Å². The van der Waals surface area contributed by atoms with E-state index in [0.717, 1.165) is 43.4 Å². The fourth-order valence-electron chi connectivity index (χ4n) is 3.61. The van der Waals surface area contributed by atoms with E-state index in [-0.39, 0.29) is 29.6 Å². The summed E-state index contributed by atoms with van der Waals surface area (Å²) in [4.78, 5) is 38.7. The first-order valence-electron chi connectivity index (χ1n) is 11.6. The summed E-state index contributed by atoms with van der Waals surface area (Å²) in [6.45, 7) is 6.12. The van der Waals surface area contributed by atoms with Crippen molar-refractivity contribution in [3.63, 3.8) is 0 Å². The molecule has 33 heavy (non-hydrogen) atoms. The summed E-state index contributed by atoms with van der Waals surface area (Å²) < 4.78 is 5.70. The highest BCUT2D eigenvalue weighted by Gasteiger charge is 2.33. The monoisotopic (exact) mass is 449 g/mol. The van der Waals surface area contributed by atoms with Gasteiger partial charge in [-0.05, 0) is 52.0 Å². The van der Waals surface area contributed by atoms with Crippen LogP contribution in [-0.4, -0.2) is 40.5 Å². The third kappa shape index (κ3) is 5.38. The summed E-state index contributed by atoms with van der Waals surface area (Å²) in [5.41, 5.74) is 2.73. The second-order valence-corrected chi connectivity index (χ2v) is 8.85. The highest BCUT2D eigenvalue weighted by molar-refractivity contribution is 6.06. The van der Waals surface area contributed by atoms with Crippen molar-refractivity contribution in [3.8, 4) is 5.75 Å². The molecule has 1 unspecified atom stereocenters. The zero-order valence-corrected chi connectivity index (χ0v) is 19.6. The minimum absolute atomic E-state index is 0.0327. The number of carbonyl (C=O) groups is 2. The van der Waals surface area contributed by atoms with Gasteiger partial charge in [0, 0.05) is 47.6 Å².